The molecule has 1 saturated carbocycles. The highest BCUT2D eigenvalue weighted by Gasteiger charge is 2.31. The van der Waals surface area contributed by atoms with Crippen molar-refractivity contribution >= 4 is 9.84 Å². The first kappa shape index (κ1) is 18.0. The number of hydrogen-bond donors (Lipinski definition) is 1. The zero-order valence-electron chi connectivity index (χ0n) is 13.7. The molecule has 0 spiro atoms. The SMILES string of the molecule is CCS(=O)(=O)CCCC(N)C1CCC(C(C)(C)C)CC1. The Morgan fingerprint density at radius 3 is 2.15 bits per heavy atom. The van der Waals surface area contributed by atoms with Crippen LogP contribution in [0.15, 0.2) is 0 Å². The molecule has 0 aliphatic heterocycles. The topological polar surface area (TPSA) is 60.2 Å². The summed E-state index contributed by atoms with van der Waals surface area (Å²) in [6, 6.07) is 0.183. The molecule has 1 rings (SSSR count). The molecule has 1 aliphatic rings. The smallest absolute Gasteiger partial charge is 0.150 e. The van der Waals surface area contributed by atoms with Crippen LogP contribution >= 0.6 is 0 Å². The van der Waals surface area contributed by atoms with E-state index in [0.717, 1.165) is 18.8 Å². The van der Waals surface area contributed by atoms with Crippen LogP contribution < -0.4 is 5.73 Å². The van der Waals surface area contributed by atoms with Gasteiger partial charge in [-0.05, 0) is 55.8 Å². The van der Waals surface area contributed by atoms with Crippen LogP contribution in [-0.2, 0) is 9.84 Å². The molecule has 4 heteroatoms. The highest BCUT2D eigenvalue weighted by molar-refractivity contribution is 7.91. The lowest BCUT2D eigenvalue weighted by molar-refractivity contribution is 0.138. The molecule has 0 bridgehead atoms. The molecule has 0 aromatic heterocycles. The summed E-state index contributed by atoms with van der Waals surface area (Å²) in [5, 5.41) is 0. The quantitative estimate of drug-likeness (QED) is 0.818. The van der Waals surface area contributed by atoms with E-state index in [2.05, 4.69) is 20.8 Å². The third-order valence-corrected chi connectivity index (χ3v) is 6.83. The predicted octanol–water partition coefficient (Wildman–Crippen LogP) is 3.38. The van der Waals surface area contributed by atoms with Gasteiger partial charge in [-0.3, -0.25) is 0 Å². The predicted molar refractivity (Wildman–Crippen MR) is 86.4 cm³/mol. The second-order valence-corrected chi connectivity index (χ2v) is 9.99. The molecule has 0 radical (unpaired) electrons. The number of hydrogen-bond acceptors (Lipinski definition) is 3. The average molecular weight is 304 g/mol. The van der Waals surface area contributed by atoms with Crippen LogP contribution in [0, 0.1) is 17.3 Å². The van der Waals surface area contributed by atoms with Gasteiger partial charge in [-0.2, -0.15) is 0 Å². The summed E-state index contributed by atoms with van der Waals surface area (Å²) in [7, 11) is -2.83. The van der Waals surface area contributed by atoms with Gasteiger partial charge in [0.05, 0.1) is 5.75 Å². The van der Waals surface area contributed by atoms with E-state index < -0.39 is 9.84 Å². The second kappa shape index (κ2) is 7.26. The van der Waals surface area contributed by atoms with Gasteiger partial charge < -0.3 is 5.73 Å². The molecule has 20 heavy (non-hydrogen) atoms. The van der Waals surface area contributed by atoms with E-state index in [9.17, 15) is 8.42 Å². The van der Waals surface area contributed by atoms with Crippen molar-refractivity contribution in [3.63, 3.8) is 0 Å². The van der Waals surface area contributed by atoms with Gasteiger partial charge in [0, 0.05) is 11.8 Å². The molecule has 2 N–H and O–H groups in total. The van der Waals surface area contributed by atoms with Crippen molar-refractivity contribution in [3.05, 3.63) is 0 Å². The number of rotatable bonds is 6. The summed E-state index contributed by atoms with van der Waals surface area (Å²) < 4.78 is 22.9. The van der Waals surface area contributed by atoms with E-state index in [0.29, 0.717) is 17.1 Å². The van der Waals surface area contributed by atoms with Gasteiger partial charge in [0.1, 0.15) is 9.84 Å². The minimum Gasteiger partial charge on any atom is -0.327 e. The molecule has 0 aromatic rings. The van der Waals surface area contributed by atoms with Crippen molar-refractivity contribution < 1.29 is 8.42 Å². The minimum atomic E-state index is -2.83. The second-order valence-electron chi connectivity index (χ2n) is 7.52. The van der Waals surface area contributed by atoms with Crippen LogP contribution in [-0.4, -0.2) is 26.0 Å². The summed E-state index contributed by atoms with van der Waals surface area (Å²) in [4.78, 5) is 0. The fourth-order valence-corrected chi connectivity index (χ4v) is 4.23. The van der Waals surface area contributed by atoms with E-state index in [1.807, 2.05) is 0 Å². The summed E-state index contributed by atoms with van der Waals surface area (Å²) in [6.07, 6.45) is 6.54. The third-order valence-electron chi connectivity index (χ3n) is 5.03. The standard InChI is InChI=1S/C16H33NO2S/c1-5-20(18,19)12-6-7-15(17)13-8-10-14(11-9-13)16(2,3)4/h13-15H,5-12,17H2,1-4H3. The number of nitrogens with two attached hydrogens (primary N) is 1. The molecule has 1 fully saturated rings. The van der Waals surface area contributed by atoms with Crippen LogP contribution in [0.5, 0.6) is 0 Å². The molecule has 0 heterocycles. The average Bonchev–Trinajstić information content (AvgIpc) is 2.37. The zero-order chi connectivity index (χ0) is 15.4. The molecule has 1 atom stereocenters. The van der Waals surface area contributed by atoms with Gasteiger partial charge in [-0.1, -0.05) is 27.7 Å². The molecule has 0 saturated heterocycles. The monoisotopic (exact) mass is 303 g/mol. The van der Waals surface area contributed by atoms with Crippen molar-refractivity contribution in [1.82, 2.24) is 0 Å². The molecule has 120 valence electrons. The molecule has 1 unspecified atom stereocenters. The van der Waals surface area contributed by atoms with E-state index in [-0.39, 0.29) is 11.8 Å². The van der Waals surface area contributed by atoms with E-state index in [1.54, 1.807) is 6.92 Å². The highest BCUT2D eigenvalue weighted by Crippen LogP contribution is 2.40. The summed E-state index contributed by atoms with van der Waals surface area (Å²) in [6.45, 7) is 8.69. The van der Waals surface area contributed by atoms with Crippen molar-refractivity contribution in [3.8, 4) is 0 Å². The highest BCUT2D eigenvalue weighted by atomic mass is 32.2. The zero-order valence-corrected chi connectivity index (χ0v) is 14.5. The maximum Gasteiger partial charge on any atom is 0.150 e. The van der Waals surface area contributed by atoms with Gasteiger partial charge in [0.25, 0.3) is 0 Å². The third kappa shape index (κ3) is 5.72. The minimum absolute atomic E-state index is 0.183. The summed E-state index contributed by atoms with van der Waals surface area (Å²) in [5.74, 6) is 1.96. The van der Waals surface area contributed by atoms with E-state index in [1.165, 1.54) is 25.7 Å². The van der Waals surface area contributed by atoms with Gasteiger partial charge in [0.2, 0.25) is 0 Å². The molecular formula is C16H33NO2S. The van der Waals surface area contributed by atoms with Crippen LogP contribution in [0.2, 0.25) is 0 Å². The number of sulfone groups is 1. The Labute approximate surface area is 125 Å². The molecule has 0 amide bonds. The molecule has 0 aromatic carbocycles. The first-order valence-corrected chi connectivity index (χ1v) is 9.94. The Balaban J connectivity index is 2.31. The van der Waals surface area contributed by atoms with Crippen molar-refractivity contribution in [2.75, 3.05) is 11.5 Å². The first-order chi connectivity index (χ1) is 9.15. The molecule has 3 nitrogen and oxygen atoms in total. The fourth-order valence-electron chi connectivity index (χ4n) is 3.33. The van der Waals surface area contributed by atoms with E-state index >= 15 is 0 Å². The Morgan fingerprint density at radius 2 is 1.70 bits per heavy atom. The van der Waals surface area contributed by atoms with Crippen LogP contribution in [0.25, 0.3) is 0 Å². The van der Waals surface area contributed by atoms with E-state index in [4.69, 9.17) is 5.73 Å². The van der Waals surface area contributed by atoms with Gasteiger partial charge >= 0.3 is 0 Å². The van der Waals surface area contributed by atoms with Gasteiger partial charge in [0.15, 0.2) is 0 Å². The lowest BCUT2D eigenvalue weighted by atomic mass is 9.68. The van der Waals surface area contributed by atoms with Crippen LogP contribution in [0.3, 0.4) is 0 Å². The van der Waals surface area contributed by atoms with Crippen molar-refractivity contribution in [1.29, 1.82) is 0 Å². The normalized spacial score (nSPS) is 26.4. The van der Waals surface area contributed by atoms with Crippen molar-refractivity contribution in [2.45, 2.75) is 72.3 Å². The lowest BCUT2D eigenvalue weighted by Crippen LogP contribution is -2.35. The van der Waals surface area contributed by atoms with Crippen molar-refractivity contribution in [2.24, 2.45) is 23.0 Å². The Hall–Kier alpha value is -0.0900. The maximum atomic E-state index is 11.5. The van der Waals surface area contributed by atoms with Crippen LogP contribution in [0.4, 0.5) is 0 Å². The van der Waals surface area contributed by atoms with Gasteiger partial charge in [-0.15, -0.1) is 0 Å². The Kier molecular flexibility index (Phi) is 6.52. The Morgan fingerprint density at radius 1 is 1.15 bits per heavy atom. The summed E-state index contributed by atoms with van der Waals surface area (Å²) >= 11 is 0. The lowest BCUT2D eigenvalue weighted by Gasteiger charge is -2.38. The molecular weight excluding hydrogens is 270 g/mol. The maximum absolute atomic E-state index is 11.5. The Bertz CT molecular complexity index is 376. The largest absolute Gasteiger partial charge is 0.327 e. The van der Waals surface area contributed by atoms with Crippen LogP contribution in [0.1, 0.15) is 66.2 Å². The summed E-state index contributed by atoms with van der Waals surface area (Å²) in [5.41, 5.74) is 6.69. The first-order valence-electron chi connectivity index (χ1n) is 8.11. The van der Waals surface area contributed by atoms with Gasteiger partial charge in [-0.25, -0.2) is 8.42 Å². The molecule has 1 aliphatic carbocycles. The fraction of sp³-hybridized carbons (Fsp3) is 1.00.